The summed E-state index contributed by atoms with van der Waals surface area (Å²) >= 11 is 6.26. The van der Waals surface area contributed by atoms with Crippen LogP contribution in [-0.2, 0) is 0 Å². The summed E-state index contributed by atoms with van der Waals surface area (Å²) in [7, 11) is 0. The Morgan fingerprint density at radius 1 is 1.45 bits per heavy atom. The average Bonchev–Trinajstić information content (AvgIpc) is 2.85. The van der Waals surface area contributed by atoms with E-state index in [1.165, 1.54) is 0 Å². The Morgan fingerprint density at radius 3 is 2.55 bits per heavy atom. The minimum atomic E-state index is 0.0283. The molecule has 1 saturated heterocycles. The summed E-state index contributed by atoms with van der Waals surface area (Å²) in [5, 5.41) is 3.89. The number of carbonyl (C=O) groups is 1. The number of carbonyl (C=O) groups excluding carboxylic acids is 1. The average molecular weight is 313 g/mol. The third-order valence-electron chi connectivity index (χ3n) is 3.60. The van der Waals surface area contributed by atoms with Gasteiger partial charge in [0.05, 0.1) is 16.7 Å². The van der Waals surface area contributed by atoms with Crippen molar-refractivity contribution in [3.63, 3.8) is 0 Å². The van der Waals surface area contributed by atoms with Crippen LogP contribution in [0.4, 0.5) is 0 Å². The van der Waals surface area contributed by atoms with E-state index in [1.54, 1.807) is 0 Å². The third-order valence-corrected chi connectivity index (χ3v) is 4.69. The Labute approximate surface area is 128 Å². The molecule has 0 saturated carbocycles. The van der Waals surface area contributed by atoms with Crippen molar-refractivity contribution in [1.82, 2.24) is 19.4 Å². The van der Waals surface area contributed by atoms with Crippen LogP contribution >= 0.6 is 23.8 Å². The molecule has 1 unspecified atom stereocenters. The first-order chi connectivity index (χ1) is 9.54. The van der Waals surface area contributed by atoms with E-state index in [4.69, 9.17) is 18.0 Å². The molecule has 1 aliphatic rings. The molecule has 0 bridgehead atoms. The van der Waals surface area contributed by atoms with Crippen molar-refractivity contribution in [3.8, 4) is 0 Å². The quantitative estimate of drug-likeness (QED) is 0.824. The fourth-order valence-electron chi connectivity index (χ4n) is 2.45. The molecule has 1 fully saturated rings. The van der Waals surface area contributed by atoms with Crippen molar-refractivity contribution >= 4 is 34.6 Å². The molecule has 0 aliphatic carbocycles. The second-order valence-electron chi connectivity index (χ2n) is 4.84. The number of hydrogen-bond acceptors (Lipinski definition) is 6. The van der Waals surface area contributed by atoms with Gasteiger partial charge >= 0.3 is 0 Å². The molecule has 1 atom stereocenters. The highest BCUT2D eigenvalue weighted by molar-refractivity contribution is 7.80. The van der Waals surface area contributed by atoms with E-state index >= 15 is 0 Å². The van der Waals surface area contributed by atoms with Crippen molar-refractivity contribution in [2.24, 2.45) is 5.73 Å². The summed E-state index contributed by atoms with van der Waals surface area (Å²) in [4.78, 5) is 17.6. The molecule has 2 N–H and O–H groups in total. The fourth-order valence-corrected chi connectivity index (χ4v) is 3.39. The largest absolute Gasteiger partial charge is 0.392 e. The van der Waals surface area contributed by atoms with Crippen molar-refractivity contribution in [2.45, 2.75) is 26.3 Å². The first-order valence-electron chi connectivity index (χ1n) is 6.66. The summed E-state index contributed by atoms with van der Waals surface area (Å²) in [5.74, 6) is 0.0283. The predicted molar refractivity (Wildman–Crippen MR) is 83.0 cm³/mol. The van der Waals surface area contributed by atoms with E-state index in [1.807, 2.05) is 11.8 Å². The smallest absolute Gasteiger partial charge is 0.267 e. The molecule has 110 valence electrons. The fraction of sp³-hybridized carbons (Fsp3) is 0.667. The van der Waals surface area contributed by atoms with Crippen LogP contribution < -0.4 is 5.73 Å². The van der Waals surface area contributed by atoms with Crippen LogP contribution in [0.1, 0.15) is 28.7 Å². The number of aromatic nitrogens is 2. The molecule has 1 aliphatic heterocycles. The highest BCUT2D eigenvalue weighted by Crippen LogP contribution is 2.16. The van der Waals surface area contributed by atoms with Gasteiger partial charge in [-0.2, -0.15) is 0 Å². The van der Waals surface area contributed by atoms with E-state index in [2.05, 4.69) is 21.4 Å². The maximum Gasteiger partial charge on any atom is 0.267 e. The summed E-state index contributed by atoms with van der Waals surface area (Å²) < 4.78 is 3.82. The summed E-state index contributed by atoms with van der Waals surface area (Å²) in [5.41, 5.74) is 6.47. The number of aryl methyl sites for hydroxylation is 1. The van der Waals surface area contributed by atoms with Gasteiger partial charge in [-0.05, 0) is 24.9 Å². The molecule has 1 aromatic rings. The van der Waals surface area contributed by atoms with E-state index in [9.17, 15) is 4.79 Å². The third kappa shape index (κ3) is 3.13. The number of thiocarbonyl (C=S) groups is 1. The lowest BCUT2D eigenvalue weighted by atomic mass is 10.1. The van der Waals surface area contributed by atoms with E-state index in [0.29, 0.717) is 28.6 Å². The minimum Gasteiger partial charge on any atom is -0.392 e. The Morgan fingerprint density at radius 2 is 2.10 bits per heavy atom. The normalized spacial score (nSPS) is 18.0. The number of piperazine rings is 1. The van der Waals surface area contributed by atoms with E-state index in [0.717, 1.165) is 31.0 Å². The van der Waals surface area contributed by atoms with Gasteiger partial charge in [0.15, 0.2) is 0 Å². The molecular weight excluding hydrogens is 294 g/mol. The Bertz CT molecular complexity index is 496. The zero-order valence-electron chi connectivity index (χ0n) is 11.7. The number of hydrogen-bond donors (Lipinski definition) is 1. The topological polar surface area (TPSA) is 75.3 Å². The summed E-state index contributed by atoms with van der Waals surface area (Å²) in [6.07, 6.45) is 0.904. The molecule has 2 heterocycles. The standard InChI is InChI=1S/C12H19N5OS2/c1-3-9(11(13)19)16-4-6-17(7-5-16)12(18)10-8(2)14-15-20-10/h9H,3-7H2,1-2H3,(H2,13,19). The molecule has 0 spiro atoms. The second kappa shape index (κ2) is 6.55. The van der Waals surface area contributed by atoms with Crippen molar-refractivity contribution in [1.29, 1.82) is 0 Å². The Kier molecular flexibility index (Phi) is 5.00. The number of nitrogens with zero attached hydrogens (tertiary/aromatic N) is 4. The van der Waals surface area contributed by atoms with Gasteiger partial charge in [0.1, 0.15) is 4.88 Å². The van der Waals surface area contributed by atoms with Crippen LogP contribution in [0.25, 0.3) is 0 Å². The highest BCUT2D eigenvalue weighted by Gasteiger charge is 2.28. The lowest BCUT2D eigenvalue weighted by molar-refractivity contribution is 0.0615. The van der Waals surface area contributed by atoms with Gasteiger partial charge in [0, 0.05) is 26.2 Å². The van der Waals surface area contributed by atoms with Crippen molar-refractivity contribution in [2.75, 3.05) is 26.2 Å². The van der Waals surface area contributed by atoms with Gasteiger partial charge in [0.25, 0.3) is 5.91 Å². The van der Waals surface area contributed by atoms with Gasteiger partial charge in [-0.1, -0.05) is 23.6 Å². The first kappa shape index (κ1) is 15.3. The lowest BCUT2D eigenvalue weighted by Gasteiger charge is -2.38. The summed E-state index contributed by atoms with van der Waals surface area (Å²) in [6.45, 7) is 6.87. The van der Waals surface area contributed by atoms with Crippen LogP contribution in [-0.4, -0.2) is 62.5 Å². The molecule has 6 nitrogen and oxygen atoms in total. The van der Waals surface area contributed by atoms with Crippen LogP contribution in [0, 0.1) is 6.92 Å². The molecule has 0 aromatic carbocycles. The predicted octanol–water partition coefficient (Wildman–Crippen LogP) is 0.669. The zero-order valence-corrected chi connectivity index (χ0v) is 13.3. The van der Waals surface area contributed by atoms with Crippen LogP contribution in [0.2, 0.25) is 0 Å². The highest BCUT2D eigenvalue weighted by atomic mass is 32.1. The molecule has 0 radical (unpaired) electrons. The van der Waals surface area contributed by atoms with Crippen molar-refractivity contribution in [3.05, 3.63) is 10.6 Å². The lowest BCUT2D eigenvalue weighted by Crippen LogP contribution is -2.54. The second-order valence-corrected chi connectivity index (χ2v) is 6.07. The molecule has 1 aromatic heterocycles. The zero-order chi connectivity index (χ0) is 14.7. The molecular formula is C12H19N5OS2. The van der Waals surface area contributed by atoms with Crippen LogP contribution in [0.3, 0.4) is 0 Å². The molecule has 1 amide bonds. The van der Waals surface area contributed by atoms with Gasteiger partial charge < -0.3 is 10.6 Å². The maximum absolute atomic E-state index is 12.3. The van der Waals surface area contributed by atoms with Crippen LogP contribution in [0.5, 0.6) is 0 Å². The van der Waals surface area contributed by atoms with E-state index < -0.39 is 0 Å². The molecule has 20 heavy (non-hydrogen) atoms. The Balaban J connectivity index is 1.96. The number of nitrogens with two attached hydrogens (primary N) is 1. The SMILES string of the molecule is CCC(C(N)=S)N1CCN(C(=O)c2snnc2C)CC1. The first-order valence-corrected chi connectivity index (χ1v) is 7.84. The van der Waals surface area contributed by atoms with Crippen LogP contribution in [0.15, 0.2) is 0 Å². The monoisotopic (exact) mass is 313 g/mol. The van der Waals surface area contributed by atoms with Gasteiger partial charge in [-0.25, -0.2) is 0 Å². The maximum atomic E-state index is 12.3. The van der Waals surface area contributed by atoms with Gasteiger partial charge in [-0.15, -0.1) is 5.10 Å². The Hall–Kier alpha value is -1.12. The number of amides is 1. The molecule has 8 heteroatoms. The number of rotatable bonds is 4. The van der Waals surface area contributed by atoms with Gasteiger partial charge in [-0.3, -0.25) is 9.69 Å². The molecule has 2 rings (SSSR count). The summed E-state index contributed by atoms with van der Waals surface area (Å²) in [6, 6.07) is 0.133. The van der Waals surface area contributed by atoms with E-state index in [-0.39, 0.29) is 11.9 Å². The minimum absolute atomic E-state index is 0.0283. The van der Waals surface area contributed by atoms with Gasteiger partial charge in [0.2, 0.25) is 0 Å². The van der Waals surface area contributed by atoms with Crippen molar-refractivity contribution < 1.29 is 4.79 Å².